The number of ether oxygens (including phenoxy) is 2. The summed E-state index contributed by atoms with van der Waals surface area (Å²) in [6.45, 7) is 9.26. The summed E-state index contributed by atoms with van der Waals surface area (Å²) in [7, 11) is -3.29. The average Bonchev–Trinajstić information content (AvgIpc) is 1.63. The number of nitrogens with one attached hydrogen (secondary N) is 8. The highest BCUT2D eigenvalue weighted by Crippen LogP contribution is 2.37. The molecule has 0 radical (unpaired) electrons. The quantitative estimate of drug-likeness (QED) is 0.0245. The van der Waals surface area contributed by atoms with Crippen LogP contribution in [0.5, 0.6) is 0 Å². The van der Waals surface area contributed by atoms with Gasteiger partial charge in [-0.3, -0.25) is 49.5 Å². The molecule has 0 atom stereocenters. The van der Waals surface area contributed by atoms with Crippen LogP contribution in [0.4, 0.5) is 44.3 Å². The number of H-pyrrole nitrogens is 8. The Hall–Kier alpha value is -15.2. The molecule has 2 aliphatic heterocycles. The number of alkyl halides is 6. The largest absolute Gasteiger partial charge is 0.461 e. The molecule has 17 aromatic rings. The molecule has 0 bridgehead atoms. The maximum absolute atomic E-state index is 13.6. The highest BCUT2D eigenvalue weighted by atomic mass is 32.2. The zero-order chi connectivity index (χ0) is 96.1. The molecule has 2 saturated heterocycles. The topological polar surface area (TPSA) is 385 Å². The molecule has 136 heavy (non-hydrogen) atoms. The molecule has 30 nitrogen and oxygen atoms in total. The summed E-state index contributed by atoms with van der Waals surface area (Å²) in [5, 5.41) is 12.2. The summed E-state index contributed by atoms with van der Waals surface area (Å²) < 4.78 is 159. The van der Waals surface area contributed by atoms with Crippen molar-refractivity contribution in [2.75, 3.05) is 39.0 Å². The van der Waals surface area contributed by atoms with Crippen LogP contribution < -0.4 is 22.2 Å². The van der Waals surface area contributed by atoms with E-state index in [1.165, 1.54) is 90.0 Å². The monoisotopic (exact) mass is 1890 g/mol. The number of carbonyl (C=O) groups excluding carboxylic acids is 2. The Morgan fingerprint density at radius 3 is 1.24 bits per heavy atom. The van der Waals surface area contributed by atoms with Crippen LogP contribution in [0.3, 0.4) is 0 Å². The third kappa shape index (κ3) is 21.7. The number of pyridine rings is 2. The van der Waals surface area contributed by atoms with Crippen LogP contribution in [0.1, 0.15) is 126 Å². The number of amides is 1. The number of aryl methyl sites for hydroxylation is 3. The van der Waals surface area contributed by atoms with Gasteiger partial charge in [-0.2, -0.15) is 45.1 Å². The molecule has 704 valence electrons. The summed E-state index contributed by atoms with van der Waals surface area (Å²) in [6, 6.07) is 45.7. The molecular weight excluding hydrogens is 1800 g/mol. The molecule has 10 aromatic heterocycles. The van der Waals surface area contributed by atoms with E-state index in [-0.39, 0.29) is 94.2 Å². The number of esters is 1. The van der Waals surface area contributed by atoms with Crippen molar-refractivity contribution in [1.82, 2.24) is 98.2 Å². The van der Waals surface area contributed by atoms with Gasteiger partial charge in [0.1, 0.15) is 28.7 Å². The van der Waals surface area contributed by atoms with Gasteiger partial charge in [-0.15, -0.1) is 0 Å². The van der Waals surface area contributed by atoms with Gasteiger partial charge in [-0.25, -0.2) is 55.4 Å². The van der Waals surface area contributed by atoms with E-state index in [1.54, 1.807) is 91.2 Å². The number of para-hydroxylation sites is 4. The van der Waals surface area contributed by atoms with Gasteiger partial charge < -0.3 is 34.3 Å². The van der Waals surface area contributed by atoms with Crippen molar-refractivity contribution in [3.63, 3.8) is 0 Å². The third-order valence-electron chi connectivity index (χ3n) is 23.4. The summed E-state index contributed by atoms with van der Waals surface area (Å²) in [5.74, 6) is -0.277. The fraction of sp³-hybridized carbons (Fsp3) is 0.271. The summed E-state index contributed by atoms with van der Waals surface area (Å²) in [4.78, 5) is 119. The number of halogens is 9. The van der Waals surface area contributed by atoms with Crippen LogP contribution in [0.2, 0.25) is 0 Å². The first-order valence-corrected chi connectivity index (χ1v) is 45.4. The van der Waals surface area contributed by atoms with E-state index < -0.39 is 45.1 Å². The number of aromatic nitrogens is 18. The van der Waals surface area contributed by atoms with Gasteiger partial charge in [0.25, 0.3) is 22.2 Å². The minimum atomic E-state index is -4.47. The van der Waals surface area contributed by atoms with Gasteiger partial charge in [-0.1, -0.05) is 84.9 Å². The number of hydrogen-bond acceptors (Lipinski definition) is 16. The lowest BCUT2D eigenvalue weighted by molar-refractivity contribution is -0.138. The van der Waals surface area contributed by atoms with E-state index in [9.17, 15) is 76.7 Å². The summed E-state index contributed by atoms with van der Waals surface area (Å²) >= 11 is 0. The van der Waals surface area contributed by atoms with Gasteiger partial charge in [-0.05, 0) is 229 Å². The molecule has 0 aliphatic carbocycles. The normalized spacial score (nSPS) is 13.6. The van der Waals surface area contributed by atoms with Gasteiger partial charge in [0.2, 0.25) is 33.8 Å². The predicted octanol–water partition coefficient (Wildman–Crippen LogP) is 16.6. The van der Waals surface area contributed by atoms with Crippen LogP contribution in [-0.2, 0) is 76.8 Å². The van der Waals surface area contributed by atoms with Crippen molar-refractivity contribution in [1.29, 1.82) is 0 Å². The fourth-order valence-electron chi connectivity index (χ4n) is 16.4. The molecule has 0 unspecified atom stereocenters. The van der Waals surface area contributed by atoms with Gasteiger partial charge in [0.05, 0.1) is 97.5 Å². The van der Waals surface area contributed by atoms with Crippen LogP contribution in [0.25, 0.3) is 90.4 Å². The van der Waals surface area contributed by atoms with Gasteiger partial charge in [0, 0.05) is 66.9 Å². The van der Waals surface area contributed by atoms with Crippen LogP contribution in [0.15, 0.2) is 226 Å². The van der Waals surface area contributed by atoms with Crippen molar-refractivity contribution >= 4 is 66.2 Å². The van der Waals surface area contributed by atoms with E-state index in [2.05, 4.69) is 70.2 Å². The zero-order valence-corrected chi connectivity index (χ0v) is 74.7. The first-order chi connectivity index (χ1) is 65.0. The molecule has 7 aromatic carbocycles. The van der Waals surface area contributed by atoms with Crippen molar-refractivity contribution in [2.24, 2.45) is 5.92 Å². The highest BCUT2D eigenvalue weighted by Gasteiger charge is 2.36. The number of hydrogen-bond donors (Lipinski definition) is 8. The first-order valence-electron chi connectivity index (χ1n) is 43.6. The van der Waals surface area contributed by atoms with Crippen molar-refractivity contribution in [3.05, 3.63) is 327 Å². The van der Waals surface area contributed by atoms with E-state index in [0.29, 0.717) is 169 Å². The van der Waals surface area contributed by atoms with Crippen LogP contribution in [-0.4, -0.2) is 163 Å². The van der Waals surface area contributed by atoms with E-state index in [4.69, 9.17) is 9.47 Å². The van der Waals surface area contributed by atoms with Crippen molar-refractivity contribution in [3.8, 4) is 46.3 Å². The molecule has 2 fully saturated rings. The molecule has 12 heterocycles. The van der Waals surface area contributed by atoms with Crippen LogP contribution >= 0.6 is 0 Å². The number of likely N-dealkylation sites (tertiary alicyclic amines) is 1. The third-order valence-corrected chi connectivity index (χ3v) is 24.7. The Bertz CT molecular complexity index is 7400. The second-order valence-electron chi connectivity index (χ2n) is 33.8. The smallest absolute Gasteiger partial charge is 0.416 e. The number of rotatable bonds is 21. The lowest BCUT2D eigenvalue weighted by Crippen LogP contribution is -2.41. The number of benzene rings is 7. The molecule has 19 rings (SSSR count). The molecule has 8 N–H and O–H groups in total. The minimum Gasteiger partial charge on any atom is -0.461 e. The average molecular weight is 1890 g/mol. The van der Waals surface area contributed by atoms with Crippen molar-refractivity contribution in [2.45, 2.75) is 122 Å². The number of imidazole rings is 4. The lowest BCUT2D eigenvalue weighted by atomic mass is 9.90. The van der Waals surface area contributed by atoms with Gasteiger partial charge >= 0.3 is 24.4 Å². The lowest BCUT2D eigenvalue weighted by Gasteiger charge is -2.33. The van der Waals surface area contributed by atoms with Gasteiger partial charge in [0.15, 0.2) is 0 Å². The highest BCUT2D eigenvalue weighted by molar-refractivity contribution is 7.88. The number of carbonyl (C=O) groups is 2. The number of piperidine rings is 2. The first kappa shape index (κ1) is 94.0. The Balaban J connectivity index is 0.000000132. The molecular formula is C96H91F9N20O10S. The molecule has 40 heteroatoms. The number of fused-ring (bicyclic) bond motifs is 4. The second-order valence-corrected chi connectivity index (χ2v) is 35.8. The number of nitrogens with zero attached hydrogens (tertiary/aromatic N) is 12. The maximum Gasteiger partial charge on any atom is 0.416 e. The Morgan fingerprint density at radius 1 is 0.441 bits per heavy atom. The van der Waals surface area contributed by atoms with E-state index in [0.717, 1.165) is 63.2 Å². The molecule has 0 saturated carbocycles. The van der Waals surface area contributed by atoms with E-state index in [1.807, 2.05) is 63.2 Å². The maximum atomic E-state index is 13.6. The molecule has 1 amide bonds. The standard InChI is InChI=1S/C27H31FN6O3.C24H17F4N5O.C24H24F3N5O3S.C21H19FN4O3/c1-27(2,3)37-26(36)33-14-11-18(12-15-33)23-20(9-6-17-4-7-19(28)8-5-17)24(35)34(32-23)25-30-21-10-13-29-16-22(21)31-25;25-17-8-1-14(2-9-17)3-10-18-21(15-4-6-16(7-5-15)24(26,27)28)32-33(22(18)34)23-30-19-11-12-29-13-20(19)31-23;1-36(34,35)31-12-10-15(11-13-31)14-18-21(16-6-8-17(9-7-16)24(25,26)27)30-32(22(18)33)23-28-19-4-2-3-5-20(19)29-23;1-2-29-20(28)18-15(12-9-13-7-10-14(22)11-8-13)19(27)26(25-18)21-23-16-5-3-4-6-17(16)24-21/h4-5,7-8,10,13,16,18,32H,6,9,11-12,14-15H2,1-3H3,(H,30,31);1-2,4-9,11-13,32H,3,10H2,(H,30,31);2-9,15,30H,10-14H2,1H3,(H,28,29);3-8,10-11,25H,2,9,12H2,1H3,(H,23,24). The van der Waals surface area contributed by atoms with Crippen LogP contribution in [0, 0.1) is 23.4 Å². The summed E-state index contributed by atoms with van der Waals surface area (Å²) in [6.07, 6.45) is 3.90. The second kappa shape index (κ2) is 39.5. The Kier molecular flexibility index (Phi) is 27.3. The number of aromatic amines is 8. The summed E-state index contributed by atoms with van der Waals surface area (Å²) in [5.41, 5.74) is 9.21. The van der Waals surface area contributed by atoms with Crippen molar-refractivity contribution < 1.29 is 67.0 Å². The fourth-order valence-corrected chi connectivity index (χ4v) is 17.3. The molecule has 2 aliphatic rings. The predicted molar refractivity (Wildman–Crippen MR) is 491 cm³/mol. The SMILES string of the molecule is CC(C)(C)OC(=O)N1CCC(c2[nH]n(-c3nc4ccncc4[nH]3)c(=O)c2CCc2ccc(F)cc2)CC1.CCOC(=O)c1[nH]n(-c2nc3ccccc3[nH]2)c(=O)c1CCc1ccc(F)cc1.CS(=O)(=O)N1CCC(Cc2c(-c3ccc(C(F)(F)F)cc3)[nH]n(-c3nc4ccccc4[nH]3)c2=O)CC1.O=c1c(CCc2ccc(F)cc2)c(-c2ccc(C(F)(F)F)cc2)[nH]n1-c1nc2ccncc2[nH]1. The van der Waals surface area contributed by atoms with E-state index >= 15 is 0 Å². The Labute approximate surface area is 768 Å². The Morgan fingerprint density at radius 2 is 0.824 bits per heavy atom. The number of sulfonamides is 1. The zero-order valence-electron chi connectivity index (χ0n) is 73.9. The minimum absolute atomic E-state index is 0.0452. The molecule has 0 spiro atoms.